The molecule has 2 aromatic carbocycles. The normalized spacial score (nSPS) is 13.2. The van der Waals surface area contributed by atoms with E-state index < -0.39 is 11.2 Å². The third-order valence-electron chi connectivity index (χ3n) is 3.43. The van der Waals surface area contributed by atoms with Crippen LogP contribution < -0.4 is 20.3 Å². The molecule has 2 aromatic rings. The second-order valence-corrected chi connectivity index (χ2v) is 7.08. The molecule has 8 heteroatoms. The average molecular weight is 379 g/mol. The maximum Gasteiger partial charge on any atom is 0.269 e. The van der Waals surface area contributed by atoms with Gasteiger partial charge >= 0.3 is 0 Å². The molecule has 1 unspecified atom stereocenters. The Morgan fingerprint density at radius 1 is 1.08 bits per heavy atom. The number of amides is 2. The van der Waals surface area contributed by atoms with Crippen LogP contribution in [0.15, 0.2) is 47.4 Å². The Hall–Kier alpha value is -2.38. The molecule has 1 heterocycles. The third-order valence-corrected chi connectivity index (χ3v) is 4.79. The van der Waals surface area contributed by atoms with Crippen molar-refractivity contribution in [2.75, 3.05) is 6.79 Å². The average Bonchev–Trinajstić information content (AvgIpc) is 3.08. The highest BCUT2D eigenvalue weighted by molar-refractivity contribution is 8.00. The first-order valence-corrected chi connectivity index (χ1v) is 8.71. The number of carbonyl (C=O) groups is 2. The van der Waals surface area contributed by atoms with Gasteiger partial charge in [0.2, 0.25) is 6.79 Å². The summed E-state index contributed by atoms with van der Waals surface area (Å²) in [5, 5.41) is 0.246. The van der Waals surface area contributed by atoms with Gasteiger partial charge in [-0.1, -0.05) is 11.6 Å². The number of thioether (sulfide) groups is 1. The Morgan fingerprint density at radius 2 is 1.80 bits per heavy atom. The van der Waals surface area contributed by atoms with E-state index in [9.17, 15) is 9.59 Å². The zero-order chi connectivity index (χ0) is 17.8. The van der Waals surface area contributed by atoms with Gasteiger partial charge in [-0.3, -0.25) is 20.4 Å². The van der Waals surface area contributed by atoms with E-state index in [1.54, 1.807) is 37.3 Å². The molecule has 6 nitrogen and oxygen atoms in total. The van der Waals surface area contributed by atoms with Crippen LogP contribution in [0.1, 0.15) is 17.3 Å². The van der Waals surface area contributed by atoms with Crippen molar-refractivity contribution < 1.29 is 19.1 Å². The SMILES string of the molecule is CC(Sc1ccc(Cl)cc1)C(=O)NNC(=O)c1ccc2c(c1)OCO2. The van der Waals surface area contributed by atoms with Gasteiger partial charge in [-0.05, 0) is 49.4 Å². The van der Waals surface area contributed by atoms with Gasteiger partial charge in [0, 0.05) is 15.5 Å². The molecule has 25 heavy (non-hydrogen) atoms. The van der Waals surface area contributed by atoms with Crippen molar-refractivity contribution >= 4 is 35.2 Å². The van der Waals surface area contributed by atoms with Gasteiger partial charge in [-0.25, -0.2) is 0 Å². The summed E-state index contributed by atoms with van der Waals surface area (Å²) in [4.78, 5) is 25.2. The zero-order valence-corrected chi connectivity index (χ0v) is 14.8. The number of rotatable bonds is 4. The van der Waals surface area contributed by atoms with Crippen molar-refractivity contribution in [2.24, 2.45) is 0 Å². The van der Waals surface area contributed by atoms with Crippen LogP contribution in [0.2, 0.25) is 5.02 Å². The molecule has 0 radical (unpaired) electrons. The molecule has 130 valence electrons. The summed E-state index contributed by atoms with van der Waals surface area (Å²) >= 11 is 7.20. The quantitative estimate of drug-likeness (QED) is 0.631. The number of nitrogens with one attached hydrogen (secondary N) is 2. The van der Waals surface area contributed by atoms with E-state index in [0.717, 1.165) is 4.90 Å². The van der Waals surface area contributed by atoms with E-state index in [2.05, 4.69) is 10.9 Å². The summed E-state index contributed by atoms with van der Waals surface area (Å²) in [5.74, 6) is 0.351. The summed E-state index contributed by atoms with van der Waals surface area (Å²) in [5.41, 5.74) is 5.18. The molecule has 1 aliphatic heterocycles. The fourth-order valence-electron chi connectivity index (χ4n) is 2.10. The minimum absolute atomic E-state index is 0.135. The molecule has 0 saturated heterocycles. The number of fused-ring (bicyclic) bond motifs is 1. The van der Waals surface area contributed by atoms with Crippen molar-refractivity contribution in [3.05, 3.63) is 53.1 Å². The monoisotopic (exact) mass is 378 g/mol. The molecule has 3 rings (SSSR count). The Bertz CT molecular complexity index is 798. The summed E-state index contributed by atoms with van der Waals surface area (Å²) in [6.07, 6.45) is 0. The highest BCUT2D eigenvalue weighted by Crippen LogP contribution is 2.32. The summed E-state index contributed by atoms with van der Waals surface area (Å²) in [6.45, 7) is 1.89. The highest BCUT2D eigenvalue weighted by Gasteiger charge is 2.18. The Morgan fingerprint density at radius 3 is 2.56 bits per heavy atom. The topological polar surface area (TPSA) is 76.7 Å². The van der Waals surface area contributed by atoms with Crippen molar-refractivity contribution in [3.8, 4) is 11.5 Å². The fourth-order valence-corrected chi connectivity index (χ4v) is 3.09. The maximum atomic E-state index is 12.1. The fraction of sp³-hybridized carbons (Fsp3) is 0.176. The standard InChI is InChI=1S/C17H15ClN2O4S/c1-10(25-13-5-3-12(18)4-6-13)16(21)19-20-17(22)11-2-7-14-15(8-11)24-9-23-14/h2-8,10H,9H2,1H3,(H,19,21)(H,20,22). The molecule has 2 N–H and O–H groups in total. The van der Waals surface area contributed by atoms with E-state index >= 15 is 0 Å². The molecule has 0 fully saturated rings. The molecular weight excluding hydrogens is 364 g/mol. The Labute approximate surface area is 153 Å². The van der Waals surface area contributed by atoms with E-state index in [-0.39, 0.29) is 12.7 Å². The number of ether oxygens (including phenoxy) is 2. The van der Waals surface area contributed by atoms with E-state index in [1.807, 2.05) is 12.1 Å². The summed E-state index contributed by atoms with van der Waals surface area (Å²) in [6, 6.07) is 12.0. The van der Waals surface area contributed by atoms with Gasteiger partial charge < -0.3 is 9.47 Å². The van der Waals surface area contributed by atoms with Crippen LogP contribution in [0, 0.1) is 0 Å². The van der Waals surface area contributed by atoms with E-state index in [0.29, 0.717) is 22.1 Å². The number of hydrazine groups is 1. The minimum Gasteiger partial charge on any atom is -0.454 e. The first-order chi connectivity index (χ1) is 12.0. The van der Waals surface area contributed by atoms with Crippen molar-refractivity contribution in [3.63, 3.8) is 0 Å². The lowest BCUT2D eigenvalue weighted by molar-refractivity contribution is -0.121. The molecule has 0 aromatic heterocycles. The lowest BCUT2D eigenvalue weighted by atomic mass is 10.2. The van der Waals surface area contributed by atoms with Crippen LogP contribution in [0.4, 0.5) is 0 Å². The van der Waals surface area contributed by atoms with Gasteiger partial charge in [0.1, 0.15) is 0 Å². The van der Waals surface area contributed by atoms with Crippen molar-refractivity contribution in [1.29, 1.82) is 0 Å². The second kappa shape index (κ2) is 7.67. The van der Waals surface area contributed by atoms with Crippen LogP contribution in [0.25, 0.3) is 0 Å². The lowest BCUT2D eigenvalue weighted by Gasteiger charge is -2.13. The van der Waals surface area contributed by atoms with Gasteiger partial charge in [0.15, 0.2) is 11.5 Å². The van der Waals surface area contributed by atoms with Gasteiger partial charge in [-0.15, -0.1) is 11.8 Å². The Balaban J connectivity index is 1.52. The molecule has 1 aliphatic rings. The number of halogens is 1. The van der Waals surface area contributed by atoms with Gasteiger partial charge in [0.05, 0.1) is 5.25 Å². The predicted molar refractivity (Wildman–Crippen MR) is 94.9 cm³/mol. The minimum atomic E-state index is -0.435. The third kappa shape index (κ3) is 4.37. The molecule has 0 aliphatic carbocycles. The largest absolute Gasteiger partial charge is 0.454 e. The van der Waals surface area contributed by atoms with E-state index in [1.165, 1.54) is 11.8 Å². The van der Waals surface area contributed by atoms with Crippen LogP contribution in [0.5, 0.6) is 11.5 Å². The van der Waals surface area contributed by atoms with Crippen molar-refractivity contribution in [1.82, 2.24) is 10.9 Å². The molecule has 0 spiro atoms. The molecule has 1 atom stereocenters. The number of benzene rings is 2. The predicted octanol–water partition coefficient (Wildman–Crippen LogP) is 3.01. The smallest absolute Gasteiger partial charge is 0.269 e. The van der Waals surface area contributed by atoms with Gasteiger partial charge in [-0.2, -0.15) is 0 Å². The molecule has 0 bridgehead atoms. The summed E-state index contributed by atoms with van der Waals surface area (Å²) in [7, 11) is 0. The van der Waals surface area contributed by atoms with Crippen LogP contribution in [-0.2, 0) is 4.79 Å². The van der Waals surface area contributed by atoms with E-state index in [4.69, 9.17) is 21.1 Å². The Kier molecular flexibility index (Phi) is 5.35. The highest BCUT2D eigenvalue weighted by atomic mass is 35.5. The van der Waals surface area contributed by atoms with Gasteiger partial charge in [0.25, 0.3) is 11.8 Å². The number of hydrogen-bond acceptors (Lipinski definition) is 5. The number of carbonyl (C=O) groups excluding carboxylic acids is 2. The number of hydrogen-bond donors (Lipinski definition) is 2. The first kappa shape index (κ1) is 17.4. The lowest BCUT2D eigenvalue weighted by Crippen LogP contribution is -2.44. The first-order valence-electron chi connectivity index (χ1n) is 7.45. The van der Waals surface area contributed by atoms with Crippen LogP contribution in [-0.4, -0.2) is 23.9 Å². The van der Waals surface area contributed by atoms with Crippen LogP contribution >= 0.6 is 23.4 Å². The van der Waals surface area contributed by atoms with Crippen molar-refractivity contribution in [2.45, 2.75) is 17.1 Å². The van der Waals surface area contributed by atoms with Crippen LogP contribution in [0.3, 0.4) is 0 Å². The molecule has 0 saturated carbocycles. The second-order valence-electron chi connectivity index (χ2n) is 5.23. The summed E-state index contributed by atoms with van der Waals surface area (Å²) < 4.78 is 10.4. The molecular formula is C17H15ClN2O4S. The maximum absolute atomic E-state index is 12.1. The zero-order valence-electron chi connectivity index (χ0n) is 13.2. The molecule has 2 amide bonds.